The van der Waals surface area contributed by atoms with Gasteiger partial charge >= 0.3 is 0 Å². The maximum atomic E-state index is 6.26. The Balaban J connectivity index is 1.63. The minimum absolute atomic E-state index is 0.406. The van der Waals surface area contributed by atoms with Gasteiger partial charge in [-0.05, 0) is 43.0 Å². The predicted octanol–water partition coefficient (Wildman–Crippen LogP) is 3.53. The summed E-state index contributed by atoms with van der Waals surface area (Å²) in [4.78, 5) is 14.7. The highest BCUT2D eigenvalue weighted by atomic mass is 35.5. The molecule has 0 amide bonds. The quantitative estimate of drug-likeness (QED) is 0.350. The third-order valence-corrected chi connectivity index (χ3v) is 5.00. The van der Waals surface area contributed by atoms with E-state index in [-0.39, 0.29) is 0 Å². The standard InChI is InChI=1S/C22H27ClN4O2/c1-3-28-29-14-17-9-7-16(8-10-17)11-12-25-21-13-20(26-22(24)27-21)18-5-4-6-19(23)15(18)2/h4-10,13,22,26H,3,11-12,14,24H2,1-2H3,(H,25,27). The van der Waals surface area contributed by atoms with Crippen LogP contribution in [0.2, 0.25) is 5.02 Å². The van der Waals surface area contributed by atoms with E-state index in [4.69, 9.17) is 27.1 Å². The summed E-state index contributed by atoms with van der Waals surface area (Å²) in [7, 11) is 0. The van der Waals surface area contributed by atoms with Crippen molar-refractivity contribution in [2.75, 3.05) is 13.2 Å². The number of amidine groups is 1. The van der Waals surface area contributed by atoms with Gasteiger partial charge in [-0.15, -0.1) is 0 Å². The average Bonchev–Trinajstić information content (AvgIpc) is 2.71. The van der Waals surface area contributed by atoms with Gasteiger partial charge in [0.2, 0.25) is 0 Å². The minimum Gasteiger partial charge on any atom is -0.353 e. The molecule has 0 fully saturated rings. The molecule has 0 saturated heterocycles. The van der Waals surface area contributed by atoms with Gasteiger partial charge in [0.05, 0.1) is 6.61 Å². The first-order valence-electron chi connectivity index (χ1n) is 9.69. The fraction of sp³-hybridized carbons (Fsp3) is 0.318. The maximum Gasteiger partial charge on any atom is 0.151 e. The fourth-order valence-corrected chi connectivity index (χ4v) is 3.20. The van der Waals surface area contributed by atoms with Crippen molar-refractivity contribution >= 4 is 23.1 Å². The molecule has 0 spiro atoms. The topological polar surface area (TPSA) is 80.9 Å². The Morgan fingerprint density at radius 3 is 2.59 bits per heavy atom. The van der Waals surface area contributed by atoms with E-state index in [1.165, 1.54) is 5.56 Å². The van der Waals surface area contributed by atoms with Crippen LogP contribution in [0.15, 0.2) is 53.5 Å². The predicted molar refractivity (Wildman–Crippen MR) is 117 cm³/mol. The molecule has 0 aliphatic carbocycles. The number of nitrogens with one attached hydrogen (secondary N) is 2. The Hall–Kier alpha value is -2.38. The lowest BCUT2D eigenvalue weighted by Crippen LogP contribution is -2.53. The van der Waals surface area contributed by atoms with Crippen molar-refractivity contribution in [1.82, 2.24) is 10.6 Å². The molecule has 1 unspecified atom stereocenters. The molecule has 0 radical (unpaired) electrons. The molecular weight excluding hydrogens is 388 g/mol. The second kappa shape index (κ2) is 10.4. The van der Waals surface area contributed by atoms with E-state index in [1.54, 1.807) is 0 Å². The van der Waals surface area contributed by atoms with Crippen LogP contribution in [-0.2, 0) is 22.8 Å². The van der Waals surface area contributed by atoms with Crippen molar-refractivity contribution in [3.05, 3.63) is 75.8 Å². The SMILES string of the molecule is CCOOCc1ccc(CCN=C2C=C(c3cccc(Cl)c3C)NC(N)N2)cc1. The van der Waals surface area contributed by atoms with Gasteiger partial charge in [-0.2, -0.15) is 0 Å². The first-order valence-corrected chi connectivity index (χ1v) is 10.1. The smallest absolute Gasteiger partial charge is 0.151 e. The number of nitrogens with zero attached hydrogens (tertiary/aromatic N) is 1. The van der Waals surface area contributed by atoms with Crippen molar-refractivity contribution < 1.29 is 9.78 Å². The van der Waals surface area contributed by atoms with E-state index in [1.807, 2.05) is 50.3 Å². The molecule has 1 atom stereocenters. The zero-order valence-corrected chi connectivity index (χ0v) is 17.5. The Kier molecular flexibility index (Phi) is 7.66. The third-order valence-electron chi connectivity index (χ3n) is 4.59. The van der Waals surface area contributed by atoms with Crippen LogP contribution in [0, 0.1) is 6.92 Å². The molecule has 0 aromatic heterocycles. The number of hydrogen-bond donors (Lipinski definition) is 3. The van der Waals surface area contributed by atoms with Crippen LogP contribution in [0.25, 0.3) is 5.70 Å². The molecule has 6 nitrogen and oxygen atoms in total. The Labute approximate surface area is 176 Å². The van der Waals surface area contributed by atoms with Crippen LogP contribution in [0.5, 0.6) is 0 Å². The van der Waals surface area contributed by atoms with Gasteiger partial charge in [-0.3, -0.25) is 10.7 Å². The molecule has 1 aliphatic heterocycles. The zero-order chi connectivity index (χ0) is 20.6. The number of halogens is 1. The molecule has 7 heteroatoms. The molecule has 0 saturated carbocycles. The van der Waals surface area contributed by atoms with E-state index in [0.29, 0.717) is 19.8 Å². The summed E-state index contributed by atoms with van der Waals surface area (Å²) in [5.74, 6) is 0.757. The lowest BCUT2D eigenvalue weighted by atomic mass is 10.0. The van der Waals surface area contributed by atoms with Crippen LogP contribution in [0.1, 0.15) is 29.2 Å². The normalized spacial score (nSPS) is 17.6. The number of aliphatic imine (C=N–C) groups is 1. The summed E-state index contributed by atoms with van der Waals surface area (Å²) in [6.07, 6.45) is 2.40. The molecular formula is C22H27ClN4O2. The number of rotatable bonds is 8. The molecule has 3 rings (SSSR count). The van der Waals surface area contributed by atoms with Crippen LogP contribution in [0.4, 0.5) is 0 Å². The van der Waals surface area contributed by atoms with E-state index < -0.39 is 6.29 Å². The first-order chi connectivity index (χ1) is 14.1. The highest BCUT2D eigenvalue weighted by Crippen LogP contribution is 2.24. The van der Waals surface area contributed by atoms with Crippen molar-refractivity contribution in [2.24, 2.45) is 10.7 Å². The van der Waals surface area contributed by atoms with E-state index >= 15 is 0 Å². The summed E-state index contributed by atoms with van der Waals surface area (Å²) >= 11 is 6.26. The molecule has 0 bridgehead atoms. The van der Waals surface area contributed by atoms with Crippen molar-refractivity contribution in [3.63, 3.8) is 0 Å². The van der Waals surface area contributed by atoms with Crippen LogP contribution < -0.4 is 16.4 Å². The number of benzene rings is 2. The minimum atomic E-state index is -0.406. The molecule has 1 heterocycles. The maximum absolute atomic E-state index is 6.26. The van der Waals surface area contributed by atoms with Gasteiger partial charge in [0, 0.05) is 28.9 Å². The van der Waals surface area contributed by atoms with Gasteiger partial charge in [0.1, 0.15) is 12.4 Å². The van der Waals surface area contributed by atoms with Crippen molar-refractivity contribution in [1.29, 1.82) is 0 Å². The lowest BCUT2D eigenvalue weighted by Gasteiger charge is -2.26. The van der Waals surface area contributed by atoms with Crippen LogP contribution in [-0.4, -0.2) is 25.3 Å². The molecule has 1 aliphatic rings. The van der Waals surface area contributed by atoms with Gasteiger partial charge < -0.3 is 10.6 Å². The molecule has 29 heavy (non-hydrogen) atoms. The van der Waals surface area contributed by atoms with Gasteiger partial charge in [0.15, 0.2) is 6.29 Å². The first kappa shape index (κ1) is 21.3. The largest absolute Gasteiger partial charge is 0.353 e. The Morgan fingerprint density at radius 2 is 1.83 bits per heavy atom. The number of hydrogen-bond acceptors (Lipinski definition) is 5. The molecule has 2 aromatic carbocycles. The molecule has 4 N–H and O–H groups in total. The van der Waals surface area contributed by atoms with Gasteiger partial charge in [-0.1, -0.05) is 48.0 Å². The fourth-order valence-electron chi connectivity index (χ4n) is 3.03. The van der Waals surface area contributed by atoms with Crippen LogP contribution >= 0.6 is 11.6 Å². The highest BCUT2D eigenvalue weighted by molar-refractivity contribution is 6.31. The van der Waals surface area contributed by atoms with E-state index in [2.05, 4.69) is 27.8 Å². The monoisotopic (exact) mass is 414 g/mol. The molecule has 2 aromatic rings. The Bertz CT molecular complexity index is 881. The molecule has 154 valence electrons. The van der Waals surface area contributed by atoms with E-state index in [9.17, 15) is 0 Å². The summed E-state index contributed by atoms with van der Waals surface area (Å²) in [6.45, 7) is 5.53. The van der Waals surface area contributed by atoms with E-state index in [0.717, 1.165) is 39.7 Å². The highest BCUT2D eigenvalue weighted by Gasteiger charge is 2.16. The Morgan fingerprint density at radius 1 is 1.07 bits per heavy atom. The summed E-state index contributed by atoms with van der Waals surface area (Å²) in [6, 6.07) is 14.1. The van der Waals surface area contributed by atoms with Gasteiger partial charge in [0.25, 0.3) is 0 Å². The zero-order valence-electron chi connectivity index (χ0n) is 16.7. The number of nitrogens with two attached hydrogens (primary N) is 1. The summed E-state index contributed by atoms with van der Waals surface area (Å²) in [5.41, 5.74) is 11.3. The van der Waals surface area contributed by atoms with Crippen molar-refractivity contribution in [2.45, 2.75) is 33.2 Å². The second-order valence-electron chi connectivity index (χ2n) is 6.74. The van der Waals surface area contributed by atoms with Crippen molar-refractivity contribution in [3.8, 4) is 0 Å². The third kappa shape index (κ3) is 6.05. The van der Waals surface area contributed by atoms with Crippen LogP contribution in [0.3, 0.4) is 0 Å². The van der Waals surface area contributed by atoms with Gasteiger partial charge in [-0.25, -0.2) is 9.78 Å². The second-order valence-corrected chi connectivity index (χ2v) is 7.15. The summed E-state index contributed by atoms with van der Waals surface area (Å²) in [5, 5.41) is 7.11. The lowest BCUT2D eigenvalue weighted by molar-refractivity contribution is -0.300. The summed E-state index contributed by atoms with van der Waals surface area (Å²) < 4.78 is 0. The average molecular weight is 415 g/mol.